The van der Waals surface area contributed by atoms with Crippen molar-refractivity contribution in [3.63, 3.8) is 0 Å². The average molecular weight is 307 g/mol. The van der Waals surface area contributed by atoms with Crippen molar-refractivity contribution in [2.45, 2.75) is 25.9 Å². The Labute approximate surface area is 127 Å². The standard InChI is InChI=1S/C17H16F3NO/c1-2-6-12-9-10-14(11-15(12)17(18,19)20)21-16(22)13-7-4-3-5-8-13/h3-5,7-11H,2,6H2,1H3,(H,21,22). The van der Waals surface area contributed by atoms with Crippen LogP contribution in [-0.4, -0.2) is 5.91 Å². The lowest BCUT2D eigenvalue weighted by molar-refractivity contribution is -0.138. The van der Waals surface area contributed by atoms with E-state index in [1.807, 2.05) is 6.92 Å². The van der Waals surface area contributed by atoms with E-state index in [1.165, 1.54) is 12.1 Å². The molecule has 0 spiro atoms. The lowest BCUT2D eigenvalue weighted by atomic mass is 10.0. The van der Waals surface area contributed by atoms with E-state index in [2.05, 4.69) is 5.32 Å². The smallest absolute Gasteiger partial charge is 0.322 e. The van der Waals surface area contributed by atoms with Gasteiger partial charge in [0.2, 0.25) is 0 Å². The van der Waals surface area contributed by atoms with Crippen molar-refractivity contribution in [2.75, 3.05) is 5.32 Å². The summed E-state index contributed by atoms with van der Waals surface area (Å²) in [5.41, 5.74) is 0.0858. The SMILES string of the molecule is CCCc1ccc(NC(=O)c2ccccc2)cc1C(F)(F)F. The Morgan fingerprint density at radius 1 is 1.09 bits per heavy atom. The fourth-order valence-corrected chi connectivity index (χ4v) is 2.20. The lowest BCUT2D eigenvalue weighted by Gasteiger charge is -2.14. The number of nitrogens with one attached hydrogen (secondary N) is 1. The molecule has 0 saturated carbocycles. The number of alkyl halides is 3. The number of aryl methyl sites for hydroxylation is 1. The number of hydrogen-bond donors (Lipinski definition) is 1. The Hall–Kier alpha value is -2.30. The molecule has 1 amide bonds. The van der Waals surface area contributed by atoms with Crippen molar-refractivity contribution >= 4 is 11.6 Å². The van der Waals surface area contributed by atoms with Crippen LogP contribution < -0.4 is 5.32 Å². The minimum Gasteiger partial charge on any atom is -0.322 e. The van der Waals surface area contributed by atoms with Gasteiger partial charge in [0.25, 0.3) is 5.91 Å². The first kappa shape index (κ1) is 16.1. The summed E-state index contributed by atoms with van der Waals surface area (Å²) in [7, 11) is 0. The Kier molecular flexibility index (Phi) is 4.85. The maximum Gasteiger partial charge on any atom is 0.416 e. The maximum absolute atomic E-state index is 13.1. The van der Waals surface area contributed by atoms with E-state index in [0.29, 0.717) is 18.4 Å². The molecule has 0 unspecified atom stereocenters. The summed E-state index contributed by atoms with van der Waals surface area (Å²) >= 11 is 0. The highest BCUT2D eigenvalue weighted by molar-refractivity contribution is 6.04. The van der Waals surface area contributed by atoms with Gasteiger partial charge in [0.1, 0.15) is 0 Å². The number of amides is 1. The van der Waals surface area contributed by atoms with Crippen LogP contribution in [0.5, 0.6) is 0 Å². The molecule has 22 heavy (non-hydrogen) atoms. The fourth-order valence-electron chi connectivity index (χ4n) is 2.20. The summed E-state index contributed by atoms with van der Waals surface area (Å²) in [5, 5.41) is 2.50. The van der Waals surface area contributed by atoms with Gasteiger partial charge in [-0.2, -0.15) is 13.2 Å². The number of rotatable bonds is 4. The molecule has 0 aliphatic carbocycles. The molecule has 0 radical (unpaired) electrons. The van der Waals surface area contributed by atoms with Gasteiger partial charge in [-0.25, -0.2) is 0 Å². The molecule has 0 aromatic heterocycles. The van der Waals surface area contributed by atoms with Crippen LogP contribution in [0.25, 0.3) is 0 Å². The average Bonchev–Trinajstić information content (AvgIpc) is 2.49. The molecule has 0 bridgehead atoms. The third-order valence-corrected chi connectivity index (χ3v) is 3.23. The first-order chi connectivity index (χ1) is 10.4. The second-order valence-electron chi connectivity index (χ2n) is 4.94. The van der Waals surface area contributed by atoms with Crippen LogP contribution in [0.3, 0.4) is 0 Å². The molecule has 2 aromatic rings. The van der Waals surface area contributed by atoms with E-state index >= 15 is 0 Å². The number of benzene rings is 2. The van der Waals surface area contributed by atoms with Crippen molar-refractivity contribution < 1.29 is 18.0 Å². The summed E-state index contributed by atoms with van der Waals surface area (Å²) in [5.74, 6) is -0.433. The van der Waals surface area contributed by atoms with Crippen LogP contribution in [-0.2, 0) is 12.6 Å². The van der Waals surface area contributed by atoms with E-state index in [4.69, 9.17) is 0 Å². The predicted octanol–water partition coefficient (Wildman–Crippen LogP) is 4.91. The van der Waals surface area contributed by atoms with Crippen LogP contribution in [0.15, 0.2) is 48.5 Å². The fraction of sp³-hybridized carbons (Fsp3) is 0.235. The minimum atomic E-state index is -4.43. The van der Waals surface area contributed by atoms with Gasteiger partial charge in [-0.05, 0) is 36.2 Å². The number of hydrogen-bond acceptors (Lipinski definition) is 1. The number of halogens is 3. The molecule has 2 nitrogen and oxygen atoms in total. The van der Waals surface area contributed by atoms with Crippen LogP contribution in [0.2, 0.25) is 0 Å². The third-order valence-electron chi connectivity index (χ3n) is 3.23. The molecule has 0 saturated heterocycles. The molecular formula is C17H16F3NO. The van der Waals surface area contributed by atoms with E-state index in [1.54, 1.807) is 30.3 Å². The molecule has 0 fully saturated rings. The first-order valence-electron chi connectivity index (χ1n) is 6.98. The highest BCUT2D eigenvalue weighted by Crippen LogP contribution is 2.34. The maximum atomic E-state index is 13.1. The molecule has 1 N–H and O–H groups in total. The van der Waals surface area contributed by atoms with Crippen LogP contribution >= 0.6 is 0 Å². The first-order valence-corrected chi connectivity index (χ1v) is 6.98. The molecule has 0 aliphatic heterocycles. The monoisotopic (exact) mass is 307 g/mol. The summed E-state index contributed by atoms with van der Waals surface area (Å²) in [6, 6.07) is 12.3. The molecule has 2 aromatic carbocycles. The Balaban J connectivity index is 2.27. The quantitative estimate of drug-likeness (QED) is 0.854. The normalized spacial score (nSPS) is 11.3. The second kappa shape index (κ2) is 6.64. The van der Waals surface area contributed by atoms with Crippen molar-refractivity contribution in [1.29, 1.82) is 0 Å². The Morgan fingerprint density at radius 3 is 2.36 bits per heavy atom. The molecule has 0 aliphatic rings. The van der Waals surface area contributed by atoms with Crippen molar-refractivity contribution in [2.24, 2.45) is 0 Å². The molecule has 2 rings (SSSR count). The molecule has 0 atom stereocenters. The molecular weight excluding hydrogens is 291 g/mol. The van der Waals surface area contributed by atoms with Crippen LogP contribution in [0, 0.1) is 0 Å². The lowest BCUT2D eigenvalue weighted by Crippen LogP contribution is -2.14. The van der Waals surface area contributed by atoms with E-state index < -0.39 is 17.6 Å². The Bertz CT molecular complexity index is 651. The summed E-state index contributed by atoms with van der Waals surface area (Å²) in [6.07, 6.45) is -3.46. The van der Waals surface area contributed by atoms with Crippen molar-refractivity contribution in [3.8, 4) is 0 Å². The highest BCUT2D eigenvalue weighted by atomic mass is 19.4. The van der Waals surface area contributed by atoms with E-state index in [0.717, 1.165) is 6.07 Å². The van der Waals surface area contributed by atoms with Gasteiger partial charge in [0.05, 0.1) is 5.56 Å². The van der Waals surface area contributed by atoms with E-state index in [9.17, 15) is 18.0 Å². The molecule has 0 heterocycles. The Morgan fingerprint density at radius 2 is 1.77 bits per heavy atom. The van der Waals surface area contributed by atoms with Crippen molar-refractivity contribution in [3.05, 3.63) is 65.2 Å². The van der Waals surface area contributed by atoms with Crippen LogP contribution in [0.4, 0.5) is 18.9 Å². The second-order valence-corrected chi connectivity index (χ2v) is 4.94. The van der Waals surface area contributed by atoms with Gasteiger partial charge in [0.15, 0.2) is 0 Å². The number of carbonyl (C=O) groups is 1. The number of carbonyl (C=O) groups excluding carboxylic acids is 1. The van der Waals surface area contributed by atoms with Crippen LogP contribution in [0.1, 0.15) is 34.8 Å². The van der Waals surface area contributed by atoms with Gasteiger partial charge in [-0.15, -0.1) is 0 Å². The molecule has 116 valence electrons. The summed E-state index contributed by atoms with van der Waals surface area (Å²) in [4.78, 5) is 12.0. The van der Waals surface area contributed by atoms with Crippen molar-refractivity contribution in [1.82, 2.24) is 0 Å². The summed E-state index contributed by atoms with van der Waals surface area (Å²) < 4.78 is 39.3. The van der Waals surface area contributed by atoms with Gasteiger partial charge >= 0.3 is 6.18 Å². The van der Waals surface area contributed by atoms with Gasteiger partial charge in [-0.1, -0.05) is 37.6 Å². The minimum absolute atomic E-state index is 0.140. The molecule has 5 heteroatoms. The number of anilines is 1. The zero-order valence-corrected chi connectivity index (χ0v) is 12.1. The third kappa shape index (κ3) is 3.87. The zero-order chi connectivity index (χ0) is 16.2. The highest BCUT2D eigenvalue weighted by Gasteiger charge is 2.33. The largest absolute Gasteiger partial charge is 0.416 e. The topological polar surface area (TPSA) is 29.1 Å². The van der Waals surface area contributed by atoms with Gasteiger partial charge in [-0.3, -0.25) is 4.79 Å². The summed E-state index contributed by atoms with van der Waals surface area (Å²) in [6.45, 7) is 1.82. The van der Waals surface area contributed by atoms with E-state index in [-0.39, 0.29) is 11.3 Å². The predicted molar refractivity (Wildman–Crippen MR) is 79.8 cm³/mol. The van der Waals surface area contributed by atoms with Gasteiger partial charge in [0, 0.05) is 11.3 Å². The zero-order valence-electron chi connectivity index (χ0n) is 12.1. The van der Waals surface area contributed by atoms with Gasteiger partial charge < -0.3 is 5.32 Å².